The van der Waals surface area contributed by atoms with Crippen LogP contribution in [0.4, 0.5) is 10.1 Å². The quantitative estimate of drug-likeness (QED) is 0.571. The molecule has 1 aliphatic rings. The molecule has 10 heteroatoms. The molecule has 0 radical (unpaired) electrons. The van der Waals surface area contributed by atoms with Gasteiger partial charge in [-0.15, -0.1) is 0 Å². The highest BCUT2D eigenvalue weighted by molar-refractivity contribution is 6.04. The Morgan fingerprint density at radius 1 is 1.25 bits per heavy atom. The topological polar surface area (TPSA) is 106 Å². The molecule has 2 aromatic rings. The Hall–Kier alpha value is -3.27. The first kappa shape index (κ1) is 23.4. The number of rotatable bonds is 9. The number of nitrogens with zero attached hydrogens (tertiary/aromatic N) is 3. The fourth-order valence-electron chi connectivity index (χ4n) is 3.66. The lowest BCUT2D eigenvalue weighted by Crippen LogP contribution is -2.37. The number of nitrogens with one attached hydrogen (secondary N) is 2. The molecule has 0 fully saturated rings. The zero-order chi connectivity index (χ0) is 23.1. The van der Waals surface area contributed by atoms with Gasteiger partial charge in [-0.1, -0.05) is 6.07 Å². The van der Waals surface area contributed by atoms with Gasteiger partial charge in [0.15, 0.2) is 5.69 Å². The lowest BCUT2D eigenvalue weighted by molar-refractivity contribution is -0.134. The van der Waals surface area contributed by atoms with E-state index in [1.807, 2.05) is 0 Å². The number of hydrogen-bond donors (Lipinski definition) is 2. The molecular formula is C22H28FN5O4. The normalized spacial score (nSPS) is 12.9. The fraction of sp³-hybridized carbons (Fsp3) is 0.455. The maximum atomic E-state index is 13.4. The van der Waals surface area contributed by atoms with Crippen LogP contribution in [0.5, 0.6) is 0 Å². The molecule has 0 saturated heterocycles. The highest BCUT2D eigenvalue weighted by atomic mass is 19.1. The molecule has 2 N–H and O–H groups in total. The van der Waals surface area contributed by atoms with E-state index in [1.165, 1.54) is 18.2 Å². The van der Waals surface area contributed by atoms with E-state index in [4.69, 9.17) is 4.74 Å². The number of hydrogen-bond acceptors (Lipinski definition) is 5. The van der Waals surface area contributed by atoms with Gasteiger partial charge in [0.25, 0.3) is 5.91 Å². The summed E-state index contributed by atoms with van der Waals surface area (Å²) in [6.45, 7) is 1.80. The molecule has 3 rings (SSSR count). The molecule has 1 aromatic heterocycles. The Kier molecular flexibility index (Phi) is 7.93. The molecule has 0 spiro atoms. The van der Waals surface area contributed by atoms with Gasteiger partial charge in [-0.2, -0.15) is 5.10 Å². The van der Waals surface area contributed by atoms with Crippen LogP contribution in [0.1, 0.15) is 41.0 Å². The van der Waals surface area contributed by atoms with Gasteiger partial charge < -0.3 is 20.3 Å². The number of anilines is 1. The minimum absolute atomic E-state index is 0.0938. The van der Waals surface area contributed by atoms with E-state index >= 15 is 0 Å². The van der Waals surface area contributed by atoms with Gasteiger partial charge in [-0.05, 0) is 24.6 Å². The molecule has 0 bridgehead atoms. The third kappa shape index (κ3) is 5.91. The summed E-state index contributed by atoms with van der Waals surface area (Å²) < 4.78 is 20.0. The highest BCUT2D eigenvalue weighted by Crippen LogP contribution is 2.24. The summed E-state index contributed by atoms with van der Waals surface area (Å²) in [5, 5.41) is 9.74. The highest BCUT2D eigenvalue weighted by Gasteiger charge is 2.29. The smallest absolute Gasteiger partial charge is 0.276 e. The van der Waals surface area contributed by atoms with Crippen molar-refractivity contribution in [1.82, 2.24) is 20.0 Å². The second-order valence-electron chi connectivity index (χ2n) is 7.62. The van der Waals surface area contributed by atoms with Crippen LogP contribution in [0.25, 0.3) is 0 Å². The Labute approximate surface area is 185 Å². The Morgan fingerprint density at radius 2 is 2.06 bits per heavy atom. The SMILES string of the molecule is COCCCNC(=O)CCC(=O)N1CCc2c(c(C(=O)Nc3cccc(F)c3)nn2C)C1. The zero-order valence-electron chi connectivity index (χ0n) is 18.3. The third-order valence-corrected chi connectivity index (χ3v) is 5.31. The van der Waals surface area contributed by atoms with E-state index in [9.17, 15) is 18.8 Å². The van der Waals surface area contributed by atoms with Crippen LogP contribution >= 0.6 is 0 Å². The number of carbonyl (C=O) groups excluding carboxylic acids is 3. The van der Waals surface area contributed by atoms with Crippen molar-refractivity contribution in [3.63, 3.8) is 0 Å². The van der Waals surface area contributed by atoms with Gasteiger partial charge in [0.05, 0.1) is 0 Å². The Morgan fingerprint density at radius 3 is 2.81 bits per heavy atom. The van der Waals surface area contributed by atoms with Crippen LogP contribution in [0.15, 0.2) is 24.3 Å². The monoisotopic (exact) mass is 445 g/mol. The molecule has 172 valence electrons. The Bertz CT molecular complexity index is 991. The molecule has 9 nitrogen and oxygen atoms in total. The lowest BCUT2D eigenvalue weighted by Gasteiger charge is -2.27. The predicted molar refractivity (Wildman–Crippen MR) is 115 cm³/mol. The molecule has 0 atom stereocenters. The van der Waals surface area contributed by atoms with Crippen molar-refractivity contribution in [2.45, 2.75) is 32.2 Å². The van der Waals surface area contributed by atoms with Crippen molar-refractivity contribution in [2.75, 3.05) is 32.1 Å². The van der Waals surface area contributed by atoms with Gasteiger partial charge in [-0.3, -0.25) is 19.1 Å². The van der Waals surface area contributed by atoms with Gasteiger partial charge >= 0.3 is 0 Å². The predicted octanol–water partition coefficient (Wildman–Crippen LogP) is 1.63. The molecule has 0 aliphatic carbocycles. The molecule has 32 heavy (non-hydrogen) atoms. The number of methoxy groups -OCH3 is 1. The van der Waals surface area contributed by atoms with Gasteiger partial charge in [0.1, 0.15) is 5.82 Å². The van der Waals surface area contributed by atoms with Crippen molar-refractivity contribution in [1.29, 1.82) is 0 Å². The van der Waals surface area contributed by atoms with Crippen molar-refractivity contribution in [3.8, 4) is 0 Å². The second-order valence-corrected chi connectivity index (χ2v) is 7.62. The first-order valence-electron chi connectivity index (χ1n) is 10.5. The largest absolute Gasteiger partial charge is 0.385 e. The van der Waals surface area contributed by atoms with Gasteiger partial charge in [0, 0.05) is 76.6 Å². The number of carbonyl (C=O) groups is 3. The van der Waals surface area contributed by atoms with Crippen LogP contribution in [-0.2, 0) is 34.3 Å². The fourth-order valence-corrected chi connectivity index (χ4v) is 3.66. The maximum Gasteiger partial charge on any atom is 0.276 e. The average Bonchev–Trinajstić information content (AvgIpc) is 3.11. The maximum absolute atomic E-state index is 13.4. The summed E-state index contributed by atoms with van der Waals surface area (Å²) in [7, 11) is 3.35. The minimum atomic E-state index is -0.461. The summed E-state index contributed by atoms with van der Waals surface area (Å²) in [6.07, 6.45) is 1.47. The summed E-state index contributed by atoms with van der Waals surface area (Å²) in [5.41, 5.74) is 2.09. The van der Waals surface area contributed by atoms with Crippen LogP contribution in [0.2, 0.25) is 0 Å². The molecule has 0 unspecified atom stereocenters. The third-order valence-electron chi connectivity index (χ3n) is 5.31. The van der Waals surface area contributed by atoms with Gasteiger partial charge in [-0.25, -0.2) is 4.39 Å². The molecule has 1 aromatic carbocycles. The zero-order valence-corrected chi connectivity index (χ0v) is 18.3. The first-order valence-corrected chi connectivity index (χ1v) is 10.5. The van der Waals surface area contributed by atoms with E-state index in [0.29, 0.717) is 43.8 Å². The number of ether oxygens (including phenoxy) is 1. The van der Waals surface area contributed by atoms with Crippen LogP contribution in [0.3, 0.4) is 0 Å². The van der Waals surface area contributed by atoms with E-state index in [-0.39, 0.29) is 36.9 Å². The molecule has 0 saturated carbocycles. The average molecular weight is 445 g/mol. The lowest BCUT2D eigenvalue weighted by atomic mass is 10.0. The standard InChI is InChI=1S/C22H28FN5O4/c1-27-18-9-11-28(20(30)8-7-19(29)24-10-4-12-32-2)14-17(18)21(26-27)22(31)25-16-6-3-5-15(23)13-16/h3,5-6,13H,4,7-12,14H2,1-2H3,(H,24,29)(H,25,31). The number of amides is 3. The van der Waals surface area contributed by atoms with Crippen LogP contribution in [0, 0.1) is 5.82 Å². The molecule has 2 heterocycles. The van der Waals surface area contributed by atoms with Crippen molar-refractivity contribution in [3.05, 3.63) is 47.0 Å². The van der Waals surface area contributed by atoms with E-state index in [0.717, 1.165) is 5.69 Å². The van der Waals surface area contributed by atoms with Crippen LogP contribution in [-0.4, -0.2) is 59.2 Å². The molecular weight excluding hydrogens is 417 g/mol. The number of aromatic nitrogens is 2. The minimum Gasteiger partial charge on any atom is -0.385 e. The molecule has 3 amide bonds. The summed E-state index contributed by atoms with van der Waals surface area (Å²) >= 11 is 0. The summed E-state index contributed by atoms with van der Waals surface area (Å²) in [5.74, 6) is -1.24. The first-order chi connectivity index (χ1) is 15.4. The van der Waals surface area contributed by atoms with Crippen molar-refractivity contribution < 1.29 is 23.5 Å². The second kappa shape index (κ2) is 10.9. The van der Waals surface area contributed by atoms with Crippen molar-refractivity contribution >= 4 is 23.4 Å². The van der Waals surface area contributed by atoms with Crippen molar-refractivity contribution in [2.24, 2.45) is 7.05 Å². The molecule has 1 aliphatic heterocycles. The number of benzene rings is 1. The summed E-state index contributed by atoms with van der Waals surface area (Å²) in [6, 6.07) is 5.62. The summed E-state index contributed by atoms with van der Waals surface area (Å²) in [4.78, 5) is 39.0. The van der Waals surface area contributed by atoms with Crippen LogP contribution < -0.4 is 10.6 Å². The van der Waals surface area contributed by atoms with Gasteiger partial charge in [0.2, 0.25) is 11.8 Å². The number of aryl methyl sites for hydroxylation is 1. The van der Waals surface area contributed by atoms with E-state index in [2.05, 4.69) is 15.7 Å². The van der Waals surface area contributed by atoms with E-state index in [1.54, 1.807) is 29.8 Å². The Balaban J connectivity index is 1.60. The number of halogens is 1. The number of fused-ring (bicyclic) bond motifs is 1. The van der Waals surface area contributed by atoms with E-state index < -0.39 is 11.7 Å².